The van der Waals surface area contributed by atoms with Crippen molar-refractivity contribution in [3.63, 3.8) is 0 Å². The quantitative estimate of drug-likeness (QED) is 0.502. The van der Waals surface area contributed by atoms with Crippen LogP contribution in [-0.2, 0) is 10.1 Å². The molecule has 0 heterocycles. The average Bonchev–Trinajstić information content (AvgIpc) is 1.78. The second kappa shape index (κ2) is 6.57. The van der Waals surface area contributed by atoms with Gasteiger partial charge in [-0.1, -0.05) is 26.2 Å². The van der Waals surface area contributed by atoms with E-state index in [9.17, 15) is 8.42 Å². The fourth-order valence-corrected chi connectivity index (χ4v) is 1.28. The van der Waals surface area contributed by atoms with Gasteiger partial charge in [-0.2, -0.15) is 8.42 Å². The third-order valence-electron chi connectivity index (χ3n) is 1.26. The minimum absolute atomic E-state index is 0. The molecule has 0 unspecified atom stereocenters. The molecular weight excluding hydrogens is 168 g/mol. The Morgan fingerprint density at radius 3 is 2.09 bits per heavy atom. The fraction of sp³-hybridized carbons (Fsp3) is 1.00. The molecule has 0 aliphatic heterocycles. The van der Waals surface area contributed by atoms with Crippen LogP contribution in [0, 0.1) is 0 Å². The molecule has 0 amide bonds. The van der Waals surface area contributed by atoms with E-state index < -0.39 is 10.1 Å². The van der Waals surface area contributed by atoms with E-state index in [2.05, 4.69) is 0 Å². The molecule has 0 fully saturated rings. The third kappa shape index (κ3) is 13.0. The van der Waals surface area contributed by atoms with E-state index >= 15 is 0 Å². The Labute approximate surface area is 67.7 Å². The van der Waals surface area contributed by atoms with Gasteiger partial charge in [-0.25, -0.2) is 0 Å². The highest BCUT2D eigenvalue weighted by Crippen LogP contribution is 2.00. The summed E-state index contributed by atoms with van der Waals surface area (Å²) in [6, 6.07) is 0. The summed E-state index contributed by atoms with van der Waals surface area (Å²) in [4.78, 5) is 0. The molecular formula is C6H16O4S. The maximum absolute atomic E-state index is 10.1. The average molecular weight is 184 g/mol. The first-order valence-electron chi connectivity index (χ1n) is 3.51. The molecule has 0 bridgehead atoms. The molecule has 0 saturated heterocycles. The number of rotatable bonds is 5. The predicted octanol–water partition coefficient (Wildman–Crippen LogP) is 0.630. The molecule has 4 nitrogen and oxygen atoms in total. The van der Waals surface area contributed by atoms with Gasteiger partial charge >= 0.3 is 0 Å². The van der Waals surface area contributed by atoms with Crippen LogP contribution < -0.4 is 0 Å². The molecule has 0 aliphatic rings. The first-order valence-corrected chi connectivity index (χ1v) is 5.12. The van der Waals surface area contributed by atoms with Gasteiger partial charge in [0, 0.05) is 0 Å². The van der Waals surface area contributed by atoms with E-state index in [4.69, 9.17) is 4.55 Å². The van der Waals surface area contributed by atoms with E-state index in [1.165, 1.54) is 0 Å². The van der Waals surface area contributed by atoms with Crippen molar-refractivity contribution in [1.82, 2.24) is 0 Å². The molecule has 0 rings (SSSR count). The topological polar surface area (TPSA) is 85.9 Å². The SMILES string of the molecule is CCCCCCS(=O)(=O)O.O. The Morgan fingerprint density at radius 1 is 1.18 bits per heavy atom. The van der Waals surface area contributed by atoms with Crippen LogP contribution in [0.4, 0.5) is 0 Å². The van der Waals surface area contributed by atoms with Crippen LogP contribution in [0.2, 0.25) is 0 Å². The fourth-order valence-electron chi connectivity index (χ4n) is 0.711. The molecule has 0 aromatic rings. The zero-order valence-corrected chi connectivity index (χ0v) is 7.52. The van der Waals surface area contributed by atoms with E-state index in [1.54, 1.807) is 0 Å². The van der Waals surface area contributed by atoms with Gasteiger partial charge < -0.3 is 5.48 Å². The van der Waals surface area contributed by atoms with Gasteiger partial charge in [0.25, 0.3) is 10.1 Å². The van der Waals surface area contributed by atoms with Crippen molar-refractivity contribution >= 4 is 10.1 Å². The zero-order valence-electron chi connectivity index (χ0n) is 6.71. The molecule has 0 aromatic carbocycles. The standard InChI is InChI=1S/C6H14O3S.H2O/c1-2-3-4-5-6-10(7,8)9;/h2-6H2,1H3,(H,7,8,9);1H2. The molecule has 0 aliphatic carbocycles. The minimum Gasteiger partial charge on any atom is -0.412 e. The third-order valence-corrected chi connectivity index (χ3v) is 2.06. The predicted molar refractivity (Wildman–Crippen MR) is 44.2 cm³/mol. The van der Waals surface area contributed by atoms with Crippen molar-refractivity contribution in [2.75, 3.05) is 5.75 Å². The molecule has 5 heteroatoms. The molecule has 0 atom stereocenters. The number of hydrogen-bond donors (Lipinski definition) is 1. The van der Waals surface area contributed by atoms with Crippen molar-refractivity contribution in [1.29, 1.82) is 0 Å². The lowest BCUT2D eigenvalue weighted by Crippen LogP contribution is -2.03. The van der Waals surface area contributed by atoms with Crippen LogP contribution in [0.3, 0.4) is 0 Å². The summed E-state index contributed by atoms with van der Waals surface area (Å²) in [5.41, 5.74) is 0. The van der Waals surface area contributed by atoms with Gasteiger partial charge in [0.1, 0.15) is 0 Å². The summed E-state index contributed by atoms with van der Waals surface area (Å²) in [6.45, 7) is 2.05. The van der Waals surface area contributed by atoms with Crippen LogP contribution in [0.1, 0.15) is 32.6 Å². The van der Waals surface area contributed by atoms with Crippen molar-refractivity contribution in [2.24, 2.45) is 0 Å². The van der Waals surface area contributed by atoms with Gasteiger partial charge in [-0.3, -0.25) is 4.55 Å². The van der Waals surface area contributed by atoms with E-state index in [0.29, 0.717) is 6.42 Å². The van der Waals surface area contributed by atoms with Gasteiger partial charge in [0.2, 0.25) is 0 Å². The molecule has 0 radical (unpaired) electrons. The molecule has 11 heavy (non-hydrogen) atoms. The largest absolute Gasteiger partial charge is 0.412 e. The maximum atomic E-state index is 10.1. The molecule has 3 N–H and O–H groups in total. The summed E-state index contributed by atoms with van der Waals surface area (Å²) in [7, 11) is -3.70. The lowest BCUT2D eigenvalue weighted by molar-refractivity contribution is 0.479. The zero-order chi connectivity index (χ0) is 8.04. The van der Waals surface area contributed by atoms with E-state index in [1.807, 2.05) is 6.92 Å². The van der Waals surface area contributed by atoms with Crippen LogP contribution in [0.25, 0.3) is 0 Å². The number of unbranched alkanes of at least 4 members (excludes halogenated alkanes) is 3. The van der Waals surface area contributed by atoms with Crippen molar-refractivity contribution in [3.8, 4) is 0 Å². The van der Waals surface area contributed by atoms with Crippen molar-refractivity contribution < 1.29 is 18.4 Å². The van der Waals surface area contributed by atoms with E-state index in [-0.39, 0.29) is 11.2 Å². The van der Waals surface area contributed by atoms with Gasteiger partial charge in [0.15, 0.2) is 0 Å². The summed E-state index contributed by atoms with van der Waals surface area (Å²) >= 11 is 0. The van der Waals surface area contributed by atoms with E-state index in [0.717, 1.165) is 19.3 Å². The van der Waals surface area contributed by atoms with Crippen LogP contribution in [-0.4, -0.2) is 24.2 Å². The van der Waals surface area contributed by atoms with Crippen LogP contribution in [0.15, 0.2) is 0 Å². The minimum atomic E-state index is -3.70. The molecule has 0 spiro atoms. The number of hydrogen-bond acceptors (Lipinski definition) is 2. The van der Waals surface area contributed by atoms with Crippen LogP contribution in [0.5, 0.6) is 0 Å². The maximum Gasteiger partial charge on any atom is 0.264 e. The normalized spacial score (nSPS) is 10.7. The lowest BCUT2D eigenvalue weighted by atomic mass is 10.2. The Balaban J connectivity index is 0. The Hall–Kier alpha value is -0.130. The highest BCUT2D eigenvalue weighted by Gasteiger charge is 2.01. The van der Waals surface area contributed by atoms with Gasteiger partial charge in [0.05, 0.1) is 5.75 Å². The lowest BCUT2D eigenvalue weighted by Gasteiger charge is -1.95. The van der Waals surface area contributed by atoms with Gasteiger partial charge in [-0.15, -0.1) is 0 Å². The Bertz CT molecular complexity index is 161. The molecule has 0 saturated carbocycles. The Morgan fingerprint density at radius 2 is 1.73 bits per heavy atom. The first kappa shape index (κ1) is 13.5. The van der Waals surface area contributed by atoms with Crippen molar-refractivity contribution in [2.45, 2.75) is 32.6 Å². The van der Waals surface area contributed by atoms with Gasteiger partial charge in [-0.05, 0) is 6.42 Å². The highest BCUT2D eigenvalue weighted by molar-refractivity contribution is 7.85. The second-order valence-corrected chi connectivity index (χ2v) is 3.92. The summed E-state index contributed by atoms with van der Waals surface area (Å²) in [5.74, 6) is -0.0903. The Kier molecular flexibility index (Phi) is 8.04. The first-order chi connectivity index (χ1) is 4.56. The smallest absolute Gasteiger partial charge is 0.264 e. The van der Waals surface area contributed by atoms with Crippen molar-refractivity contribution in [3.05, 3.63) is 0 Å². The summed E-state index contributed by atoms with van der Waals surface area (Å²) < 4.78 is 28.6. The molecule has 0 aromatic heterocycles. The van der Waals surface area contributed by atoms with Crippen LogP contribution >= 0.6 is 0 Å². The molecule has 70 valence electrons. The second-order valence-electron chi connectivity index (χ2n) is 2.35. The monoisotopic (exact) mass is 184 g/mol. The summed E-state index contributed by atoms with van der Waals surface area (Å²) in [5, 5.41) is 0. The summed E-state index contributed by atoms with van der Waals surface area (Å²) in [6.07, 6.45) is 3.57. The highest BCUT2D eigenvalue weighted by atomic mass is 32.2.